The summed E-state index contributed by atoms with van der Waals surface area (Å²) in [6.45, 7) is 0. The first kappa shape index (κ1) is 12.4. The van der Waals surface area contributed by atoms with Crippen LogP contribution in [0.5, 0.6) is 5.75 Å². The molecule has 0 bridgehead atoms. The minimum atomic E-state index is -0.641. The summed E-state index contributed by atoms with van der Waals surface area (Å²) in [6, 6.07) is 4.30. The molecule has 1 aromatic carbocycles. The van der Waals surface area contributed by atoms with Crippen LogP contribution in [0.2, 0.25) is 0 Å². The molecule has 0 radical (unpaired) electrons. The fraction of sp³-hybridized carbons (Fsp3) is 0.182. The second kappa shape index (κ2) is 5.09. The zero-order valence-corrected chi connectivity index (χ0v) is 10.3. The summed E-state index contributed by atoms with van der Waals surface area (Å²) in [5, 5.41) is 12.6. The zero-order valence-electron chi connectivity index (χ0n) is 9.47. The van der Waals surface area contributed by atoms with Crippen LogP contribution in [0, 0.1) is 0 Å². The molecule has 1 aliphatic rings. The van der Waals surface area contributed by atoms with E-state index >= 15 is 0 Å². The maximum Gasteiger partial charge on any atom is 0.341 e. The number of hydrogen-bond donors (Lipinski definition) is 2. The highest BCUT2D eigenvalue weighted by molar-refractivity contribution is 8.15. The number of aromatic hydroxyl groups is 1. The van der Waals surface area contributed by atoms with Crippen molar-refractivity contribution in [3.05, 3.63) is 23.8 Å². The van der Waals surface area contributed by atoms with E-state index < -0.39 is 5.97 Å². The molecular weight excluding hydrogens is 256 g/mol. The van der Waals surface area contributed by atoms with Gasteiger partial charge < -0.3 is 15.2 Å². The molecule has 1 aromatic rings. The lowest BCUT2D eigenvalue weighted by atomic mass is 10.2. The molecule has 0 atom stereocenters. The van der Waals surface area contributed by atoms with Gasteiger partial charge in [0.25, 0.3) is 0 Å². The van der Waals surface area contributed by atoms with Crippen molar-refractivity contribution in [3.63, 3.8) is 0 Å². The molecule has 2 N–H and O–H groups in total. The SMILES string of the molecule is COC(=O)c1cc(N=C2NC(=O)CS2)ccc1O. The number of phenols is 1. The summed E-state index contributed by atoms with van der Waals surface area (Å²) >= 11 is 1.28. The fourth-order valence-electron chi connectivity index (χ4n) is 1.37. The summed E-state index contributed by atoms with van der Waals surface area (Å²) in [5.41, 5.74) is 0.492. The van der Waals surface area contributed by atoms with Crippen molar-refractivity contribution in [1.82, 2.24) is 5.32 Å². The Labute approximate surface area is 107 Å². The van der Waals surface area contributed by atoms with Gasteiger partial charge in [-0.2, -0.15) is 0 Å². The third kappa shape index (κ3) is 2.62. The van der Waals surface area contributed by atoms with Crippen molar-refractivity contribution < 1.29 is 19.4 Å². The van der Waals surface area contributed by atoms with E-state index in [4.69, 9.17) is 0 Å². The van der Waals surface area contributed by atoms with Crippen molar-refractivity contribution in [2.45, 2.75) is 0 Å². The largest absolute Gasteiger partial charge is 0.507 e. The van der Waals surface area contributed by atoms with Gasteiger partial charge in [-0.05, 0) is 18.2 Å². The molecule has 6 nitrogen and oxygen atoms in total. The summed E-state index contributed by atoms with van der Waals surface area (Å²) < 4.78 is 4.54. The smallest absolute Gasteiger partial charge is 0.341 e. The summed E-state index contributed by atoms with van der Waals surface area (Å²) in [7, 11) is 1.23. The van der Waals surface area contributed by atoms with Crippen LogP contribution in [0.3, 0.4) is 0 Å². The Balaban J connectivity index is 2.30. The Morgan fingerprint density at radius 1 is 1.56 bits per heavy atom. The van der Waals surface area contributed by atoms with Gasteiger partial charge >= 0.3 is 5.97 Å². The molecule has 1 heterocycles. The first-order chi connectivity index (χ1) is 8.60. The van der Waals surface area contributed by atoms with Crippen LogP contribution in [-0.4, -0.2) is 35.0 Å². The van der Waals surface area contributed by atoms with Crippen molar-refractivity contribution >= 4 is 34.5 Å². The number of rotatable bonds is 2. The molecule has 1 aliphatic heterocycles. The van der Waals surface area contributed by atoms with Crippen LogP contribution >= 0.6 is 11.8 Å². The van der Waals surface area contributed by atoms with Crippen LogP contribution in [0.25, 0.3) is 0 Å². The average molecular weight is 266 g/mol. The van der Waals surface area contributed by atoms with Crippen LogP contribution in [-0.2, 0) is 9.53 Å². The molecule has 2 rings (SSSR count). The van der Waals surface area contributed by atoms with Crippen LogP contribution in [0.1, 0.15) is 10.4 Å². The van der Waals surface area contributed by atoms with E-state index in [0.29, 0.717) is 16.6 Å². The molecule has 7 heteroatoms. The van der Waals surface area contributed by atoms with Crippen molar-refractivity contribution in [2.24, 2.45) is 4.99 Å². The Kier molecular flexibility index (Phi) is 3.52. The maximum atomic E-state index is 11.4. The molecule has 18 heavy (non-hydrogen) atoms. The summed E-state index contributed by atoms with van der Waals surface area (Å²) in [4.78, 5) is 26.5. The quantitative estimate of drug-likeness (QED) is 0.780. The van der Waals surface area contributed by atoms with E-state index in [1.54, 1.807) is 6.07 Å². The minimum absolute atomic E-state index is 0.0358. The van der Waals surface area contributed by atoms with Gasteiger partial charge in [0.1, 0.15) is 11.3 Å². The van der Waals surface area contributed by atoms with E-state index in [2.05, 4.69) is 15.0 Å². The summed E-state index contributed by atoms with van der Waals surface area (Å²) in [5.74, 6) is -0.585. The van der Waals surface area contributed by atoms with E-state index in [9.17, 15) is 14.7 Å². The van der Waals surface area contributed by atoms with Gasteiger partial charge in [0.05, 0.1) is 18.6 Å². The predicted molar refractivity (Wildman–Crippen MR) is 67.1 cm³/mol. The lowest BCUT2D eigenvalue weighted by Gasteiger charge is -2.03. The Morgan fingerprint density at radius 2 is 2.33 bits per heavy atom. The average Bonchev–Trinajstić information content (AvgIpc) is 2.76. The number of carbonyl (C=O) groups excluding carboxylic acids is 2. The van der Waals surface area contributed by atoms with Crippen LogP contribution in [0.4, 0.5) is 5.69 Å². The number of thioether (sulfide) groups is 1. The van der Waals surface area contributed by atoms with Crippen LogP contribution < -0.4 is 5.32 Å². The van der Waals surface area contributed by atoms with E-state index in [-0.39, 0.29) is 17.2 Å². The minimum Gasteiger partial charge on any atom is -0.507 e. The molecule has 0 aliphatic carbocycles. The second-order valence-corrected chi connectivity index (χ2v) is 4.41. The molecule has 1 saturated heterocycles. The van der Waals surface area contributed by atoms with Gasteiger partial charge in [0.2, 0.25) is 5.91 Å². The molecule has 0 unspecified atom stereocenters. The van der Waals surface area contributed by atoms with Crippen molar-refractivity contribution in [1.29, 1.82) is 0 Å². The van der Waals surface area contributed by atoms with Crippen molar-refractivity contribution in [3.8, 4) is 5.75 Å². The highest BCUT2D eigenvalue weighted by Gasteiger charge is 2.17. The fourth-order valence-corrected chi connectivity index (χ4v) is 2.07. The number of carbonyl (C=O) groups is 2. The number of amidine groups is 1. The first-order valence-electron chi connectivity index (χ1n) is 5.03. The molecule has 1 amide bonds. The number of amides is 1. The summed E-state index contributed by atoms with van der Waals surface area (Å²) in [6.07, 6.45) is 0. The van der Waals surface area contributed by atoms with Gasteiger partial charge in [-0.25, -0.2) is 9.79 Å². The number of benzene rings is 1. The number of phenolic OH excluding ortho intramolecular Hbond substituents is 1. The van der Waals surface area contributed by atoms with E-state index in [0.717, 1.165) is 0 Å². The molecule has 0 spiro atoms. The normalized spacial score (nSPS) is 16.7. The highest BCUT2D eigenvalue weighted by Crippen LogP contribution is 2.25. The second-order valence-electron chi connectivity index (χ2n) is 3.45. The van der Waals surface area contributed by atoms with E-state index in [1.165, 1.54) is 31.0 Å². The third-order valence-corrected chi connectivity index (χ3v) is 3.08. The van der Waals surface area contributed by atoms with Gasteiger partial charge in [-0.15, -0.1) is 0 Å². The first-order valence-corrected chi connectivity index (χ1v) is 6.01. The number of esters is 1. The van der Waals surface area contributed by atoms with Gasteiger partial charge in [0.15, 0.2) is 5.17 Å². The molecule has 94 valence electrons. The van der Waals surface area contributed by atoms with Gasteiger partial charge in [-0.3, -0.25) is 4.79 Å². The lowest BCUT2D eigenvalue weighted by Crippen LogP contribution is -2.19. The van der Waals surface area contributed by atoms with Crippen molar-refractivity contribution in [2.75, 3.05) is 12.9 Å². The van der Waals surface area contributed by atoms with Crippen LogP contribution in [0.15, 0.2) is 23.2 Å². The number of ether oxygens (including phenoxy) is 1. The number of hydrogen-bond acceptors (Lipinski definition) is 6. The van der Waals surface area contributed by atoms with Gasteiger partial charge in [0, 0.05) is 0 Å². The Morgan fingerprint density at radius 3 is 2.94 bits per heavy atom. The van der Waals surface area contributed by atoms with Gasteiger partial charge in [-0.1, -0.05) is 11.8 Å². The Hall–Kier alpha value is -2.02. The van der Waals surface area contributed by atoms with E-state index in [1.807, 2.05) is 0 Å². The number of nitrogens with one attached hydrogen (secondary N) is 1. The third-order valence-electron chi connectivity index (χ3n) is 2.20. The monoisotopic (exact) mass is 266 g/mol. The molecule has 0 saturated carbocycles. The topological polar surface area (TPSA) is 88.0 Å². The zero-order chi connectivity index (χ0) is 13.1. The lowest BCUT2D eigenvalue weighted by molar-refractivity contribution is -0.116. The predicted octanol–water partition coefficient (Wildman–Crippen LogP) is 1.03. The standard InChI is InChI=1S/C11H10N2O4S/c1-17-10(16)7-4-6(2-3-8(7)14)12-11-13-9(15)5-18-11/h2-4,14H,5H2,1H3,(H,12,13,15). The molecular formula is C11H10N2O4S. The number of aliphatic imine (C=N–C) groups is 1. The number of methoxy groups -OCH3 is 1. The molecule has 1 fully saturated rings. The highest BCUT2D eigenvalue weighted by atomic mass is 32.2. The maximum absolute atomic E-state index is 11.4. The molecule has 0 aromatic heterocycles. The number of nitrogens with zero attached hydrogens (tertiary/aromatic N) is 1. The Bertz CT molecular complexity index is 542.